The van der Waals surface area contributed by atoms with E-state index in [-0.39, 0.29) is 6.04 Å². The third-order valence-corrected chi connectivity index (χ3v) is 4.99. The quantitative estimate of drug-likeness (QED) is 0.849. The van der Waals surface area contributed by atoms with Gasteiger partial charge in [-0.2, -0.15) is 0 Å². The first-order valence-corrected chi connectivity index (χ1v) is 7.95. The van der Waals surface area contributed by atoms with Gasteiger partial charge in [-0.25, -0.2) is 4.21 Å². The highest BCUT2D eigenvalue weighted by Gasteiger charge is 2.24. The van der Waals surface area contributed by atoms with Crippen molar-refractivity contribution in [2.75, 3.05) is 18.1 Å². The van der Waals surface area contributed by atoms with Gasteiger partial charge in [-0.1, -0.05) is 38.1 Å². The molecule has 1 aromatic rings. The largest absolute Gasteiger partial charge is 0.308 e. The van der Waals surface area contributed by atoms with Gasteiger partial charge in [-0.15, -0.1) is 0 Å². The van der Waals surface area contributed by atoms with E-state index < -0.39 is 9.73 Å². The number of nitrogens with one attached hydrogen (secondary N) is 2. The molecule has 1 saturated heterocycles. The summed E-state index contributed by atoms with van der Waals surface area (Å²) in [7, 11) is -2.39. The molecule has 0 aliphatic carbocycles. The molecule has 2 atom stereocenters. The van der Waals surface area contributed by atoms with Crippen LogP contribution < -0.4 is 5.32 Å². The summed E-state index contributed by atoms with van der Waals surface area (Å²) < 4.78 is 19.7. The summed E-state index contributed by atoms with van der Waals surface area (Å²) in [6.07, 6.45) is 0. The standard InChI is InChI=1S/C13H20N2OS/c1-10(2)11-5-3-4-6-12(11)13-9-17(14,16)8-7-15-13/h3-6,10,13-15H,7-9H2,1-2H3. The topological polar surface area (TPSA) is 53.0 Å². The van der Waals surface area contributed by atoms with Gasteiger partial charge in [0, 0.05) is 28.1 Å². The van der Waals surface area contributed by atoms with E-state index in [1.165, 1.54) is 11.1 Å². The van der Waals surface area contributed by atoms with Gasteiger partial charge in [-0.3, -0.25) is 4.78 Å². The smallest absolute Gasteiger partial charge is 0.0511 e. The van der Waals surface area contributed by atoms with Crippen molar-refractivity contribution >= 4 is 9.73 Å². The molecular formula is C13H20N2OS. The Labute approximate surface area is 104 Å². The van der Waals surface area contributed by atoms with Gasteiger partial charge in [0.05, 0.1) is 5.75 Å². The van der Waals surface area contributed by atoms with Gasteiger partial charge in [0.2, 0.25) is 0 Å². The second-order valence-electron chi connectivity index (χ2n) is 4.97. The van der Waals surface area contributed by atoms with Crippen LogP contribution >= 0.6 is 0 Å². The van der Waals surface area contributed by atoms with Crippen LogP contribution in [0.1, 0.15) is 36.9 Å². The molecule has 4 heteroatoms. The lowest BCUT2D eigenvalue weighted by Crippen LogP contribution is -2.39. The Morgan fingerprint density at radius 2 is 2.12 bits per heavy atom. The molecule has 1 heterocycles. The van der Waals surface area contributed by atoms with E-state index in [0.29, 0.717) is 24.0 Å². The average Bonchev–Trinajstić information content (AvgIpc) is 2.27. The molecule has 1 fully saturated rings. The van der Waals surface area contributed by atoms with Crippen LogP contribution in [-0.4, -0.2) is 22.3 Å². The zero-order chi connectivity index (χ0) is 12.5. The van der Waals surface area contributed by atoms with E-state index in [0.717, 1.165) is 0 Å². The highest BCUT2D eigenvalue weighted by molar-refractivity contribution is 7.92. The second-order valence-corrected chi connectivity index (χ2v) is 7.34. The maximum absolute atomic E-state index is 11.9. The van der Waals surface area contributed by atoms with Crippen molar-refractivity contribution < 1.29 is 4.21 Å². The lowest BCUT2D eigenvalue weighted by molar-refractivity contribution is 0.560. The maximum atomic E-state index is 11.9. The summed E-state index contributed by atoms with van der Waals surface area (Å²) in [4.78, 5) is 0. The molecular weight excluding hydrogens is 232 g/mol. The molecule has 0 spiro atoms. The molecule has 17 heavy (non-hydrogen) atoms. The van der Waals surface area contributed by atoms with Gasteiger partial charge in [0.1, 0.15) is 0 Å². The molecule has 0 bridgehead atoms. The highest BCUT2D eigenvalue weighted by atomic mass is 32.2. The predicted molar refractivity (Wildman–Crippen MR) is 71.9 cm³/mol. The summed E-state index contributed by atoms with van der Waals surface area (Å²) in [5.41, 5.74) is 2.50. The van der Waals surface area contributed by atoms with Gasteiger partial charge < -0.3 is 5.32 Å². The van der Waals surface area contributed by atoms with Crippen molar-refractivity contribution in [3.8, 4) is 0 Å². The predicted octanol–water partition coefficient (Wildman–Crippen LogP) is 2.50. The SMILES string of the molecule is CC(C)c1ccccc1C1CS(=N)(=O)CCN1. The summed E-state index contributed by atoms with van der Waals surface area (Å²) in [6.45, 7) is 5.01. The molecule has 0 amide bonds. The van der Waals surface area contributed by atoms with Crippen molar-refractivity contribution in [3.05, 3.63) is 35.4 Å². The van der Waals surface area contributed by atoms with Crippen molar-refractivity contribution in [2.45, 2.75) is 25.8 Å². The molecule has 2 N–H and O–H groups in total. The Morgan fingerprint density at radius 3 is 2.76 bits per heavy atom. The van der Waals surface area contributed by atoms with Crippen LogP contribution in [0.2, 0.25) is 0 Å². The monoisotopic (exact) mass is 252 g/mol. The van der Waals surface area contributed by atoms with Crippen molar-refractivity contribution in [1.29, 1.82) is 4.78 Å². The van der Waals surface area contributed by atoms with Gasteiger partial charge in [0.15, 0.2) is 0 Å². The van der Waals surface area contributed by atoms with Crippen LogP contribution in [-0.2, 0) is 9.73 Å². The fraction of sp³-hybridized carbons (Fsp3) is 0.538. The maximum Gasteiger partial charge on any atom is 0.0511 e. The summed E-state index contributed by atoms with van der Waals surface area (Å²) in [6, 6.07) is 8.35. The molecule has 94 valence electrons. The molecule has 0 radical (unpaired) electrons. The molecule has 0 aromatic heterocycles. The van der Waals surface area contributed by atoms with E-state index in [4.69, 9.17) is 4.78 Å². The summed E-state index contributed by atoms with van der Waals surface area (Å²) >= 11 is 0. The number of benzene rings is 1. The first kappa shape index (κ1) is 12.6. The van der Waals surface area contributed by atoms with E-state index in [2.05, 4.69) is 31.3 Å². The van der Waals surface area contributed by atoms with Crippen LogP contribution in [0.25, 0.3) is 0 Å². The molecule has 1 aliphatic heterocycles. The molecule has 2 unspecified atom stereocenters. The van der Waals surface area contributed by atoms with Crippen LogP contribution in [0.5, 0.6) is 0 Å². The first-order valence-electron chi connectivity index (χ1n) is 6.06. The van der Waals surface area contributed by atoms with Crippen LogP contribution in [0.4, 0.5) is 0 Å². The zero-order valence-corrected chi connectivity index (χ0v) is 11.2. The van der Waals surface area contributed by atoms with E-state index in [9.17, 15) is 4.21 Å². The molecule has 0 saturated carbocycles. The summed E-state index contributed by atoms with van der Waals surface area (Å²) in [5, 5.41) is 3.39. The van der Waals surface area contributed by atoms with Crippen molar-refractivity contribution in [3.63, 3.8) is 0 Å². The average molecular weight is 252 g/mol. The Morgan fingerprint density at radius 1 is 1.41 bits per heavy atom. The van der Waals surface area contributed by atoms with Crippen LogP contribution in [0.15, 0.2) is 24.3 Å². The van der Waals surface area contributed by atoms with Crippen molar-refractivity contribution in [2.24, 2.45) is 0 Å². The molecule has 3 nitrogen and oxygen atoms in total. The third kappa shape index (κ3) is 2.87. The number of hydrogen-bond donors (Lipinski definition) is 2. The zero-order valence-electron chi connectivity index (χ0n) is 10.4. The van der Waals surface area contributed by atoms with Gasteiger partial charge in [0.25, 0.3) is 0 Å². The number of rotatable bonds is 2. The Bertz CT molecular complexity index is 494. The first-order chi connectivity index (χ1) is 7.99. The van der Waals surface area contributed by atoms with E-state index >= 15 is 0 Å². The normalized spacial score (nSPS) is 29.5. The van der Waals surface area contributed by atoms with Crippen LogP contribution in [0.3, 0.4) is 0 Å². The second kappa shape index (κ2) is 4.78. The minimum absolute atomic E-state index is 0.0762. The Kier molecular flexibility index (Phi) is 3.54. The fourth-order valence-corrected chi connectivity index (χ4v) is 3.81. The molecule has 2 rings (SSSR count). The summed E-state index contributed by atoms with van der Waals surface area (Å²) in [5.74, 6) is 1.38. The lowest BCUT2D eigenvalue weighted by atomic mass is 9.93. The fourth-order valence-electron chi connectivity index (χ4n) is 2.36. The highest BCUT2D eigenvalue weighted by Crippen LogP contribution is 2.27. The lowest BCUT2D eigenvalue weighted by Gasteiger charge is -2.28. The van der Waals surface area contributed by atoms with E-state index in [1.807, 2.05) is 12.1 Å². The van der Waals surface area contributed by atoms with Gasteiger partial charge >= 0.3 is 0 Å². The third-order valence-electron chi connectivity index (χ3n) is 3.25. The van der Waals surface area contributed by atoms with Gasteiger partial charge in [-0.05, 0) is 17.0 Å². The van der Waals surface area contributed by atoms with Crippen molar-refractivity contribution in [1.82, 2.24) is 5.32 Å². The molecule has 1 aliphatic rings. The minimum atomic E-state index is -2.39. The minimum Gasteiger partial charge on any atom is -0.308 e. The Balaban J connectivity index is 2.34. The number of hydrogen-bond acceptors (Lipinski definition) is 3. The van der Waals surface area contributed by atoms with Crippen LogP contribution in [0, 0.1) is 4.78 Å². The Hall–Kier alpha value is -0.870. The molecule has 1 aromatic carbocycles. The van der Waals surface area contributed by atoms with E-state index in [1.54, 1.807) is 0 Å².